The summed E-state index contributed by atoms with van der Waals surface area (Å²) in [5.74, 6) is 0. The summed E-state index contributed by atoms with van der Waals surface area (Å²) in [5, 5.41) is 8.98. The van der Waals surface area contributed by atoms with Gasteiger partial charge in [-0.05, 0) is 77.7 Å². The summed E-state index contributed by atoms with van der Waals surface area (Å²) in [6.07, 6.45) is 9.75. The number of nitrogens with one attached hydrogen (secondary N) is 1. The van der Waals surface area contributed by atoms with Crippen molar-refractivity contribution in [3.63, 3.8) is 0 Å². The van der Waals surface area contributed by atoms with Crippen molar-refractivity contribution >= 4 is 49.3 Å². The minimum Gasteiger partial charge on any atom is -0.377 e. The summed E-state index contributed by atoms with van der Waals surface area (Å²) in [4.78, 5) is 0. The fourth-order valence-electron chi connectivity index (χ4n) is 8.03. The van der Waals surface area contributed by atoms with Gasteiger partial charge in [0.25, 0.3) is 0 Å². The highest BCUT2D eigenvalue weighted by molar-refractivity contribution is 6.19. The second-order valence-electron chi connectivity index (χ2n) is 13.4. The average Bonchev–Trinajstić information content (AvgIpc) is 3.72. The number of benzene rings is 7. The standard InChI is InChI=1S/C48H35N3/c1-5-15-33(16-6-1)39-28-30-45-47(48(39)49-36-17-7-2-8-18-36)41-27-25-35(32-46(41)51(45)38-21-11-4-12-22-38)34-26-29-44-42(31-34)40-23-13-14-24-43(40)50(44)37-19-9-3-10-20-37/h1-17,19-32,36,49H,18H2. The number of nitrogens with zero attached hydrogens (tertiary/aromatic N) is 2. The molecule has 2 heterocycles. The van der Waals surface area contributed by atoms with Crippen molar-refractivity contribution in [3.8, 4) is 33.6 Å². The van der Waals surface area contributed by atoms with Crippen LogP contribution >= 0.6 is 0 Å². The van der Waals surface area contributed by atoms with E-state index < -0.39 is 0 Å². The van der Waals surface area contributed by atoms with Gasteiger partial charge in [-0.25, -0.2) is 0 Å². The highest BCUT2D eigenvalue weighted by Gasteiger charge is 2.21. The minimum absolute atomic E-state index is 0.210. The van der Waals surface area contributed by atoms with Crippen LogP contribution < -0.4 is 5.32 Å². The van der Waals surface area contributed by atoms with Crippen LogP contribution in [0.3, 0.4) is 0 Å². The van der Waals surface area contributed by atoms with E-state index in [4.69, 9.17) is 0 Å². The fraction of sp³-hybridized carbons (Fsp3) is 0.0417. The number of hydrogen-bond donors (Lipinski definition) is 1. The van der Waals surface area contributed by atoms with E-state index in [1.807, 2.05) is 0 Å². The van der Waals surface area contributed by atoms with Crippen LogP contribution in [0.2, 0.25) is 0 Å². The topological polar surface area (TPSA) is 21.9 Å². The quantitative estimate of drug-likeness (QED) is 0.189. The van der Waals surface area contributed by atoms with E-state index in [1.165, 1.54) is 77.2 Å². The van der Waals surface area contributed by atoms with Crippen LogP contribution in [0.15, 0.2) is 188 Å². The Bertz CT molecular complexity index is 2780. The molecule has 3 nitrogen and oxygen atoms in total. The minimum atomic E-state index is 0.210. The molecule has 1 N–H and O–H groups in total. The van der Waals surface area contributed by atoms with Crippen LogP contribution in [0.5, 0.6) is 0 Å². The number of fused-ring (bicyclic) bond motifs is 6. The molecule has 3 heteroatoms. The second-order valence-corrected chi connectivity index (χ2v) is 13.4. The molecule has 0 saturated carbocycles. The maximum Gasteiger partial charge on any atom is 0.0562 e. The monoisotopic (exact) mass is 653 g/mol. The Kier molecular flexibility index (Phi) is 6.95. The fourth-order valence-corrected chi connectivity index (χ4v) is 8.03. The Morgan fingerprint density at radius 1 is 0.451 bits per heavy atom. The van der Waals surface area contributed by atoms with Gasteiger partial charge in [0.1, 0.15) is 0 Å². The first-order valence-corrected chi connectivity index (χ1v) is 17.7. The maximum absolute atomic E-state index is 3.99. The lowest BCUT2D eigenvalue weighted by Crippen LogP contribution is -2.17. The van der Waals surface area contributed by atoms with Gasteiger partial charge in [0.05, 0.1) is 27.8 Å². The van der Waals surface area contributed by atoms with Crippen molar-refractivity contribution in [2.45, 2.75) is 12.5 Å². The first-order chi connectivity index (χ1) is 25.3. The van der Waals surface area contributed by atoms with Crippen LogP contribution in [-0.2, 0) is 0 Å². The Morgan fingerprint density at radius 3 is 1.82 bits per heavy atom. The molecule has 1 aliphatic carbocycles. The number of para-hydroxylation sites is 3. The molecule has 0 radical (unpaired) electrons. The Labute approximate surface area is 297 Å². The van der Waals surface area contributed by atoms with Gasteiger partial charge in [0, 0.05) is 44.5 Å². The summed E-state index contributed by atoms with van der Waals surface area (Å²) < 4.78 is 4.81. The third kappa shape index (κ3) is 4.89. The molecular formula is C48H35N3. The zero-order valence-electron chi connectivity index (χ0n) is 28.1. The van der Waals surface area contributed by atoms with Crippen LogP contribution in [0.4, 0.5) is 5.69 Å². The summed E-state index contributed by atoms with van der Waals surface area (Å²) in [5.41, 5.74) is 13.1. The summed E-state index contributed by atoms with van der Waals surface area (Å²) >= 11 is 0. The smallest absolute Gasteiger partial charge is 0.0562 e. The van der Waals surface area contributed by atoms with Gasteiger partial charge in [0.15, 0.2) is 0 Å². The highest BCUT2D eigenvalue weighted by Crippen LogP contribution is 2.44. The first kappa shape index (κ1) is 29.3. The molecule has 1 aliphatic rings. The average molecular weight is 654 g/mol. The molecule has 0 saturated heterocycles. The predicted molar refractivity (Wildman–Crippen MR) is 216 cm³/mol. The van der Waals surface area contributed by atoms with Crippen LogP contribution in [0, 0.1) is 0 Å². The summed E-state index contributed by atoms with van der Waals surface area (Å²) in [7, 11) is 0. The highest BCUT2D eigenvalue weighted by atomic mass is 15.0. The van der Waals surface area contributed by atoms with Crippen molar-refractivity contribution in [2.75, 3.05) is 5.32 Å². The molecule has 10 rings (SSSR count). The van der Waals surface area contributed by atoms with E-state index in [9.17, 15) is 0 Å². The second kappa shape index (κ2) is 12.1. The molecule has 51 heavy (non-hydrogen) atoms. The van der Waals surface area contributed by atoms with Crippen LogP contribution in [-0.4, -0.2) is 15.2 Å². The van der Waals surface area contributed by atoms with Gasteiger partial charge >= 0.3 is 0 Å². The zero-order valence-corrected chi connectivity index (χ0v) is 28.1. The molecule has 0 aliphatic heterocycles. The lowest BCUT2D eigenvalue weighted by molar-refractivity contribution is 0.885. The van der Waals surface area contributed by atoms with E-state index in [-0.39, 0.29) is 6.04 Å². The Morgan fingerprint density at radius 2 is 1.08 bits per heavy atom. The van der Waals surface area contributed by atoms with Gasteiger partial charge in [-0.3, -0.25) is 0 Å². The Balaban J connectivity index is 1.22. The van der Waals surface area contributed by atoms with Crippen LogP contribution in [0.1, 0.15) is 6.42 Å². The molecule has 0 amide bonds. The van der Waals surface area contributed by atoms with E-state index in [2.05, 4.69) is 203 Å². The number of aromatic nitrogens is 2. The lowest BCUT2D eigenvalue weighted by Gasteiger charge is -2.21. The van der Waals surface area contributed by atoms with Gasteiger partial charge in [-0.15, -0.1) is 0 Å². The van der Waals surface area contributed by atoms with Gasteiger partial charge in [0.2, 0.25) is 0 Å². The largest absolute Gasteiger partial charge is 0.377 e. The molecule has 1 unspecified atom stereocenters. The zero-order chi connectivity index (χ0) is 33.7. The molecule has 1 atom stereocenters. The van der Waals surface area contributed by atoms with Gasteiger partial charge in [-0.2, -0.15) is 0 Å². The summed E-state index contributed by atoms with van der Waals surface area (Å²) in [6.45, 7) is 0. The number of rotatable bonds is 6. The molecule has 242 valence electrons. The van der Waals surface area contributed by atoms with Gasteiger partial charge < -0.3 is 14.5 Å². The molecule has 0 fully saturated rings. The molecule has 9 aromatic rings. The molecule has 0 spiro atoms. The summed E-state index contributed by atoms with van der Waals surface area (Å²) in [6, 6.07) is 59.7. The molecule has 7 aromatic carbocycles. The van der Waals surface area contributed by atoms with E-state index >= 15 is 0 Å². The first-order valence-electron chi connectivity index (χ1n) is 17.7. The third-order valence-electron chi connectivity index (χ3n) is 10.4. The van der Waals surface area contributed by atoms with E-state index in [0.29, 0.717) is 0 Å². The SMILES string of the molecule is C1=CCC(Nc2c(-c3ccccc3)ccc3c2c2ccc(-c4ccc5c(c4)c4ccccc4n5-c4ccccc4)cc2n3-c2ccccc2)C=C1. The Hall–Kier alpha value is -6.58. The number of allylic oxidation sites excluding steroid dienone is 2. The third-order valence-corrected chi connectivity index (χ3v) is 10.4. The maximum atomic E-state index is 3.99. The number of hydrogen-bond acceptors (Lipinski definition) is 1. The van der Waals surface area contributed by atoms with Crippen molar-refractivity contribution in [2.24, 2.45) is 0 Å². The molecular weight excluding hydrogens is 619 g/mol. The van der Waals surface area contributed by atoms with Crippen LogP contribution in [0.25, 0.3) is 77.2 Å². The molecule has 0 bridgehead atoms. The normalized spacial score (nSPS) is 14.2. The van der Waals surface area contributed by atoms with Crippen molar-refractivity contribution < 1.29 is 0 Å². The van der Waals surface area contributed by atoms with E-state index in [1.54, 1.807) is 0 Å². The van der Waals surface area contributed by atoms with E-state index in [0.717, 1.165) is 12.1 Å². The predicted octanol–water partition coefficient (Wildman–Crippen LogP) is 12.5. The molecule has 2 aromatic heterocycles. The van der Waals surface area contributed by atoms with Gasteiger partial charge in [-0.1, -0.05) is 133 Å². The van der Waals surface area contributed by atoms with Crippen molar-refractivity contribution in [1.29, 1.82) is 0 Å². The van der Waals surface area contributed by atoms with Crippen molar-refractivity contribution in [1.82, 2.24) is 9.13 Å². The van der Waals surface area contributed by atoms with Crippen molar-refractivity contribution in [3.05, 3.63) is 188 Å². The number of anilines is 1. The lowest BCUT2D eigenvalue weighted by atomic mass is 9.97.